The summed E-state index contributed by atoms with van der Waals surface area (Å²) < 4.78 is 1.31. The molecule has 0 aliphatic heterocycles. The molecule has 0 aliphatic rings. The van der Waals surface area contributed by atoms with Gasteiger partial charge in [0.15, 0.2) is 11.6 Å². The zero-order chi connectivity index (χ0) is 26.8. The highest BCUT2D eigenvalue weighted by Crippen LogP contribution is 2.31. The van der Waals surface area contributed by atoms with Gasteiger partial charge in [-0.25, -0.2) is 9.97 Å². The number of benzene rings is 1. The van der Waals surface area contributed by atoms with Gasteiger partial charge in [0.05, 0.1) is 11.0 Å². The molecule has 6 aromatic heterocycles. The maximum atomic E-state index is 12.3. The quantitative estimate of drug-likeness (QED) is 0.277. The minimum atomic E-state index is -0.127. The number of hydrogen-bond acceptors (Lipinski definition) is 8. The molecule has 0 amide bonds. The van der Waals surface area contributed by atoms with Gasteiger partial charge in [0.2, 0.25) is 0 Å². The highest BCUT2D eigenvalue weighted by atomic mass is 32.1. The van der Waals surface area contributed by atoms with Gasteiger partial charge in [-0.05, 0) is 47.7 Å². The first kappa shape index (κ1) is 24.5. The molecule has 0 bridgehead atoms. The summed E-state index contributed by atoms with van der Waals surface area (Å²) in [4.78, 5) is 47.3. The predicted octanol–water partition coefficient (Wildman–Crippen LogP) is 6.07. The van der Waals surface area contributed by atoms with Crippen LogP contribution in [0.4, 0.5) is 0 Å². The second kappa shape index (κ2) is 10.5. The van der Waals surface area contributed by atoms with Gasteiger partial charge in [0.25, 0.3) is 11.1 Å². The van der Waals surface area contributed by atoms with Crippen LogP contribution in [-0.4, -0.2) is 29.9 Å². The summed E-state index contributed by atoms with van der Waals surface area (Å²) in [6.07, 6.45) is 3.37. The molecular weight excluding hydrogens is 528 g/mol. The molecule has 0 saturated heterocycles. The molecule has 1 aromatic carbocycles. The van der Waals surface area contributed by atoms with Crippen molar-refractivity contribution in [3.8, 4) is 34.2 Å². The van der Waals surface area contributed by atoms with Crippen molar-refractivity contribution >= 4 is 43.1 Å². The van der Waals surface area contributed by atoms with E-state index in [1.54, 1.807) is 12.4 Å². The second-order valence-corrected chi connectivity index (χ2v) is 10.3. The van der Waals surface area contributed by atoms with Crippen molar-refractivity contribution in [1.82, 2.24) is 29.9 Å². The van der Waals surface area contributed by atoms with Crippen LogP contribution in [0.25, 0.3) is 54.6 Å². The van der Waals surface area contributed by atoms with Crippen LogP contribution >= 0.6 is 22.7 Å². The molecule has 0 atom stereocenters. The van der Waals surface area contributed by atoms with Crippen LogP contribution in [0, 0.1) is 6.92 Å². The Labute approximate surface area is 229 Å². The maximum Gasteiger partial charge on any atom is 0.269 e. The lowest BCUT2D eigenvalue weighted by Crippen LogP contribution is -2.08. The van der Waals surface area contributed by atoms with Crippen molar-refractivity contribution in [2.75, 3.05) is 0 Å². The Hall–Kier alpha value is -4.80. The summed E-state index contributed by atoms with van der Waals surface area (Å²) in [6, 6.07) is 21.0. The van der Waals surface area contributed by atoms with Crippen LogP contribution in [0.2, 0.25) is 0 Å². The Morgan fingerprint density at radius 1 is 0.641 bits per heavy atom. The van der Waals surface area contributed by atoms with Crippen LogP contribution in [0.15, 0.2) is 99.5 Å². The number of aryl methyl sites for hydroxylation is 1. The molecule has 2 N–H and O–H groups in total. The van der Waals surface area contributed by atoms with E-state index in [0.717, 1.165) is 27.7 Å². The number of H-pyrrole nitrogens is 2. The smallest absolute Gasteiger partial charge is 0.269 e. The van der Waals surface area contributed by atoms with Gasteiger partial charge >= 0.3 is 0 Å². The molecule has 7 rings (SSSR count). The van der Waals surface area contributed by atoms with Gasteiger partial charge in [0.1, 0.15) is 20.8 Å². The van der Waals surface area contributed by atoms with Crippen LogP contribution in [-0.2, 0) is 0 Å². The van der Waals surface area contributed by atoms with Gasteiger partial charge in [-0.2, -0.15) is 0 Å². The number of pyridine rings is 2. The molecule has 0 aliphatic carbocycles. The van der Waals surface area contributed by atoms with E-state index in [2.05, 4.69) is 29.9 Å². The molecule has 7 aromatic rings. The zero-order valence-corrected chi connectivity index (χ0v) is 22.2. The Bertz CT molecular complexity index is 2010. The summed E-state index contributed by atoms with van der Waals surface area (Å²) in [5.41, 5.74) is 5.64. The van der Waals surface area contributed by atoms with E-state index < -0.39 is 0 Å². The Morgan fingerprint density at radius 2 is 1.18 bits per heavy atom. The number of fused-ring (bicyclic) bond motifs is 2. The number of aromatic amines is 2. The number of nitrogens with zero attached hydrogens (tertiary/aromatic N) is 4. The van der Waals surface area contributed by atoms with Gasteiger partial charge in [-0.15, -0.1) is 22.7 Å². The number of rotatable bonds is 3. The van der Waals surface area contributed by atoms with Crippen molar-refractivity contribution in [1.29, 1.82) is 0 Å². The Kier molecular flexibility index (Phi) is 6.62. The standard InChI is InChI=1S/C17H11N3OS.C12H9N3OS/c21-17-15-14(12(10-22-15)11-6-2-1-3-7-11)19-16(20-17)13-8-4-5-9-18-13;1-7-6-17-10-9(7)14-11(15-12(10)16)8-4-2-3-5-13-8/h1-10H,(H,19,20,21);2-6H,1H3,(H,14,15,16). The fraction of sp³-hybridized carbons (Fsp3) is 0.0345. The first-order valence-corrected chi connectivity index (χ1v) is 13.7. The topological polar surface area (TPSA) is 117 Å². The molecule has 10 heteroatoms. The van der Waals surface area contributed by atoms with Crippen molar-refractivity contribution in [2.45, 2.75) is 6.92 Å². The molecule has 0 saturated carbocycles. The number of aromatic nitrogens is 6. The third-order valence-electron chi connectivity index (χ3n) is 5.93. The SMILES string of the molecule is Cc1csc2c(=O)[nH]c(-c3ccccn3)nc12.O=c1[nH]c(-c2ccccn2)nc2c(-c3ccccc3)csc12. The summed E-state index contributed by atoms with van der Waals surface area (Å²) >= 11 is 2.83. The average molecular weight is 549 g/mol. The van der Waals surface area contributed by atoms with E-state index >= 15 is 0 Å². The van der Waals surface area contributed by atoms with Gasteiger partial charge < -0.3 is 9.97 Å². The number of nitrogens with one attached hydrogen (secondary N) is 2. The third-order valence-corrected chi connectivity index (χ3v) is 7.98. The monoisotopic (exact) mass is 548 g/mol. The minimum Gasteiger partial charge on any atom is -0.304 e. The van der Waals surface area contributed by atoms with Gasteiger partial charge in [-0.3, -0.25) is 19.6 Å². The lowest BCUT2D eigenvalue weighted by atomic mass is 10.1. The fourth-order valence-electron chi connectivity index (χ4n) is 4.04. The Morgan fingerprint density at radius 3 is 1.77 bits per heavy atom. The summed E-state index contributed by atoms with van der Waals surface area (Å²) in [6.45, 7) is 1.95. The zero-order valence-electron chi connectivity index (χ0n) is 20.6. The van der Waals surface area contributed by atoms with Crippen molar-refractivity contribution < 1.29 is 0 Å². The van der Waals surface area contributed by atoms with Crippen molar-refractivity contribution in [2.24, 2.45) is 0 Å². The van der Waals surface area contributed by atoms with Gasteiger partial charge in [0, 0.05) is 23.3 Å². The summed E-state index contributed by atoms with van der Waals surface area (Å²) in [5.74, 6) is 1.01. The molecule has 6 heterocycles. The second-order valence-electron chi connectivity index (χ2n) is 8.55. The predicted molar refractivity (Wildman–Crippen MR) is 157 cm³/mol. The molecule has 0 unspecified atom stereocenters. The lowest BCUT2D eigenvalue weighted by Gasteiger charge is -2.02. The summed E-state index contributed by atoms with van der Waals surface area (Å²) in [5, 5.41) is 3.92. The third kappa shape index (κ3) is 4.90. The Balaban J connectivity index is 0.000000147. The van der Waals surface area contributed by atoms with E-state index in [1.807, 2.05) is 84.4 Å². The van der Waals surface area contributed by atoms with E-state index in [4.69, 9.17) is 0 Å². The number of hydrogen-bond donors (Lipinski definition) is 2. The van der Waals surface area contributed by atoms with Crippen LogP contribution in [0.1, 0.15) is 5.56 Å². The lowest BCUT2D eigenvalue weighted by molar-refractivity contribution is 1.14. The molecule has 0 fully saturated rings. The van der Waals surface area contributed by atoms with E-state index in [1.165, 1.54) is 22.7 Å². The van der Waals surface area contributed by atoms with Crippen LogP contribution < -0.4 is 11.1 Å². The first-order chi connectivity index (χ1) is 19.1. The minimum absolute atomic E-state index is 0.103. The molecule has 190 valence electrons. The largest absolute Gasteiger partial charge is 0.304 e. The molecule has 0 radical (unpaired) electrons. The molecule has 0 spiro atoms. The number of thiophene rings is 2. The molecule has 39 heavy (non-hydrogen) atoms. The summed E-state index contributed by atoms with van der Waals surface area (Å²) in [7, 11) is 0. The van der Waals surface area contributed by atoms with Crippen LogP contribution in [0.5, 0.6) is 0 Å². The maximum absolute atomic E-state index is 12.3. The highest BCUT2D eigenvalue weighted by Gasteiger charge is 2.14. The van der Waals surface area contributed by atoms with E-state index in [9.17, 15) is 9.59 Å². The molecule has 8 nitrogen and oxygen atoms in total. The van der Waals surface area contributed by atoms with Crippen molar-refractivity contribution in [3.63, 3.8) is 0 Å². The van der Waals surface area contributed by atoms with Gasteiger partial charge in [-0.1, -0.05) is 42.5 Å². The van der Waals surface area contributed by atoms with Crippen LogP contribution in [0.3, 0.4) is 0 Å². The normalized spacial score (nSPS) is 10.9. The average Bonchev–Trinajstić information content (AvgIpc) is 3.59. The van der Waals surface area contributed by atoms with E-state index in [-0.39, 0.29) is 11.1 Å². The van der Waals surface area contributed by atoms with E-state index in [0.29, 0.717) is 32.4 Å². The van der Waals surface area contributed by atoms with Crippen molar-refractivity contribution in [3.05, 3.63) is 116 Å². The first-order valence-electron chi connectivity index (χ1n) is 12.0. The fourth-order valence-corrected chi connectivity index (χ4v) is 5.83. The molecular formula is C29H20N6O2S2. The highest BCUT2D eigenvalue weighted by molar-refractivity contribution is 7.17.